The van der Waals surface area contributed by atoms with Crippen molar-refractivity contribution in [3.8, 4) is 0 Å². The van der Waals surface area contributed by atoms with E-state index in [-0.39, 0.29) is 0 Å². The Morgan fingerprint density at radius 1 is 1.27 bits per heavy atom. The van der Waals surface area contributed by atoms with Crippen LogP contribution >= 0.6 is 0 Å². The Morgan fingerprint density at radius 3 is 2.45 bits per heavy atom. The molecule has 0 aliphatic rings. The summed E-state index contributed by atoms with van der Waals surface area (Å²) in [6.07, 6.45) is 0. The molecule has 11 heavy (non-hydrogen) atoms. The first-order valence-electron chi connectivity index (χ1n) is 3.37. The molecule has 0 aromatic heterocycles. The molecule has 2 N–H and O–H groups in total. The molecule has 0 fully saturated rings. The van der Waals surface area contributed by atoms with E-state index in [2.05, 4.69) is 22.6 Å². The second-order valence-corrected chi connectivity index (χ2v) is 2.07. The summed E-state index contributed by atoms with van der Waals surface area (Å²) in [5.74, 6) is 0. The van der Waals surface area contributed by atoms with Crippen LogP contribution in [-0.4, -0.2) is 13.8 Å². The fraction of sp³-hybridized carbons (Fsp3) is 0.125. The van der Waals surface area contributed by atoms with Crippen LogP contribution < -0.4 is 10.7 Å². The van der Waals surface area contributed by atoms with E-state index in [1.807, 2.05) is 31.3 Å². The maximum atomic E-state index is 3.57. The first kappa shape index (κ1) is 7.60. The number of rotatable bonds is 3. The Labute approximate surface area is 66.1 Å². The van der Waals surface area contributed by atoms with Gasteiger partial charge in [-0.1, -0.05) is 12.1 Å². The van der Waals surface area contributed by atoms with Crippen LogP contribution in [0.2, 0.25) is 0 Å². The molecule has 1 rings (SSSR count). The Hall–Kier alpha value is -1.51. The van der Waals surface area contributed by atoms with Crippen molar-refractivity contribution in [2.45, 2.75) is 0 Å². The van der Waals surface area contributed by atoms with Crippen LogP contribution in [0.4, 0.5) is 11.4 Å². The average molecular weight is 149 g/mol. The van der Waals surface area contributed by atoms with Crippen molar-refractivity contribution in [1.82, 2.24) is 0 Å². The van der Waals surface area contributed by atoms with E-state index >= 15 is 0 Å². The van der Waals surface area contributed by atoms with Gasteiger partial charge in [0.15, 0.2) is 0 Å². The molecule has 1 aromatic rings. The van der Waals surface area contributed by atoms with Gasteiger partial charge in [-0.25, -0.2) is 0 Å². The lowest BCUT2D eigenvalue weighted by Gasteiger charge is -2.06. The summed E-state index contributed by atoms with van der Waals surface area (Å²) < 4.78 is 0. The van der Waals surface area contributed by atoms with Gasteiger partial charge >= 0.3 is 0 Å². The maximum absolute atomic E-state index is 3.57. The van der Waals surface area contributed by atoms with Crippen molar-refractivity contribution in [1.29, 1.82) is 0 Å². The second-order valence-electron chi connectivity index (χ2n) is 2.07. The van der Waals surface area contributed by atoms with E-state index in [9.17, 15) is 0 Å². The predicted octanol–water partition coefficient (Wildman–Crippen LogP) is 1.76. The Kier molecular flexibility index (Phi) is 2.49. The van der Waals surface area contributed by atoms with Crippen molar-refractivity contribution < 1.29 is 0 Å². The Morgan fingerprint density at radius 2 is 1.91 bits per heavy atom. The van der Waals surface area contributed by atoms with E-state index in [1.54, 1.807) is 0 Å². The fourth-order valence-electron chi connectivity index (χ4n) is 0.884. The maximum Gasteiger partial charge on any atom is 0.0792 e. The molecule has 58 valence electrons. The van der Waals surface area contributed by atoms with Crippen molar-refractivity contribution >= 4 is 18.1 Å². The van der Waals surface area contributed by atoms with Crippen LogP contribution in [0.5, 0.6) is 0 Å². The zero-order chi connectivity index (χ0) is 8.10. The van der Waals surface area contributed by atoms with Gasteiger partial charge in [-0.05, 0) is 12.1 Å². The molecule has 0 spiro atoms. The highest BCUT2D eigenvalue weighted by molar-refractivity contribution is 5.68. The monoisotopic (exact) mass is 149 g/mol. The van der Waals surface area contributed by atoms with Crippen LogP contribution in [-0.2, 0) is 0 Å². The SMILES string of the molecule is C=NNc1ccccc1NC. The number of nitrogens with zero attached hydrogens (tertiary/aromatic N) is 1. The minimum Gasteiger partial charge on any atom is -0.386 e. The van der Waals surface area contributed by atoms with Crippen LogP contribution in [0.15, 0.2) is 29.4 Å². The van der Waals surface area contributed by atoms with Crippen molar-refractivity contribution in [3.05, 3.63) is 24.3 Å². The van der Waals surface area contributed by atoms with E-state index in [0.29, 0.717) is 0 Å². The molecule has 3 heteroatoms. The molecule has 0 aliphatic carbocycles. The van der Waals surface area contributed by atoms with Gasteiger partial charge < -0.3 is 5.32 Å². The van der Waals surface area contributed by atoms with E-state index in [1.165, 1.54) is 0 Å². The van der Waals surface area contributed by atoms with Crippen molar-refractivity contribution in [2.24, 2.45) is 5.10 Å². The third-order valence-corrected chi connectivity index (χ3v) is 1.40. The predicted molar refractivity (Wildman–Crippen MR) is 49.2 cm³/mol. The van der Waals surface area contributed by atoms with Gasteiger partial charge in [-0.3, -0.25) is 5.43 Å². The summed E-state index contributed by atoms with van der Waals surface area (Å²) in [6, 6.07) is 7.79. The normalized spacial score (nSPS) is 8.82. The van der Waals surface area contributed by atoms with Crippen LogP contribution in [0.1, 0.15) is 0 Å². The third-order valence-electron chi connectivity index (χ3n) is 1.40. The molecule has 0 aliphatic heterocycles. The molecule has 0 atom stereocenters. The van der Waals surface area contributed by atoms with Crippen molar-refractivity contribution in [2.75, 3.05) is 17.8 Å². The first-order chi connectivity index (χ1) is 5.38. The number of hydrogen-bond donors (Lipinski definition) is 2. The lowest BCUT2D eigenvalue weighted by Crippen LogP contribution is -1.94. The van der Waals surface area contributed by atoms with Crippen LogP contribution in [0.3, 0.4) is 0 Å². The number of hydrazone groups is 1. The zero-order valence-corrected chi connectivity index (χ0v) is 6.46. The van der Waals surface area contributed by atoms with Gasteiger partial charge in [0.05, 0.1) is 11.4 Å². The lowest BCUT2D eigenvalue weighted by molar-refractivity contribution is 1.35. The van der Waals surface area contributed by atoms with Gasteiger partial charge in [-0.2, -0.15) is 5.10 Å². The smallest absolute Gasteiger partial charge is 0.0792 e. The zero-order valence-electron chi connectivity index (χ0n) is 6.46. The first-order valence-corrected chi connectivity index (χ1v) is 3.37. The number of nitrogens with one attached hydrogen (secondary N) is 2. The molecule has 0 heterocycles. The van der Waals surface area contributed by atoms with Gasteiger partial charge in [0.2, 0.25) is 0 Å². The number of hydrogen-bond acceptors (Lipinski definition) is 3. The standard InChI is InChI=1S/C8H11N3/c1-9-7-5-3-4-6-8(7)11-10-2/h3-6,9,11H,2H2,1H3. The number of anilines is 2. The highest BCUT2D eigenvalue weighted by Gasteiger charge is 1.94. The molecule has 0 saturated heterocycles. The highest BCUT2D eigenvalue weighted by atomic mass is 15.3. The summed E-state index contributed by atoms with van der Waals surface area (Å²) in [5, 5.41) is 6.60. The lowest BCUT2D eigenvalue weighted by atomic mass is 10.3. The van der Waals surface area contributed by atoms with E-state index < -0.39 is 0 Å². The summed E-state index contributed by atoms with van der Waals surface area (Å²) in [5.41, 5.74) is 4.73. The molecular weight excluding hydrogens is 138 g/mol. The van der Waals surface area contributed by atoms with Gasteiger partial charge in [0.25, 0.3) is 0 Å². The Balaban J connectivity index is 2.92. The highest BCUT2D eigenvalue weighted by Crippen LogP contribution is 2.19. The molecule has 3 nitrogen and oxygen atoms in total. The Bertz CT molecular complexity index is 245. The quantitative estimate of drug-likeness (QED) is 0.507. The molecule has 0 bridgehead atoms. The summed E-state index contributed by atoms with van der Waals surface area (Å²) >= 11 is 0. The minimum absolute atomic E-state index is 0.935. The minimum atomic E-state index is 0.935. The fourth-order valence-corrected chi connectivity index (χ4v) is 0.884. The van der Waals surface area contributed by atoms with Crippen molar-refractivity contribution in [3.63, 3.8) is 0 Å². The van der Waals surface area contributed by atoms with E-state index in [4.69, 9.17) is 0 Å². The van der Waals surface area contributed by atoms with Gasteiger partial charge in [0, 0.05) is 13.8 Å². The number of benzene rings is 1. The van der Waals surface area contributed by atoms with E-state index in [0.717, 1.165) is 11.4 Å². The average Bonchev–Trinajstić information content (AvgIpc) is 2.06. The van der Waals surface area contributed by atoms with Gasteiger partial charge in [0.1, 0.15) is 0 Å². The van der Waals surface area contributed by atoms with Crippen LogP contribution in [0.25, 0.3) is 0 Å². The molecular formula is C8H11N3. The summed E-state index contributed by atoms with van der Waals surface area (Å²) in [6.45, 7) is 3.34. The molecule has 0 radical (unpaired) electrons. The molecule has 0 amide bonds. The number of para-hydroxylation sites is 2. The topological polar surface area (TPSA) is 36.4 Å². The van der Waals surface area contributed by atoms with Crippen LogP contribution in [0, 0.1) is 0 Å². The largest absolute Gasteiger partial charge is 0.386 e. The van der Waals surface area contributed by atoms with Gasteiger partial charge in [-0.15, -0.1) is 0 Å². The summed E-state index contributed by atoms with van der Waals surface area (Å²) in [4.78, 5) is 0. The molecule has 1 aromatic carbocycles. The second kappa shape index (κ2) is 3.61. The third kappa shape index (κ3) is 1.70. The summed E-state index contributed by atoms with van der Waals surface area (Å²) in [7, 11) is 1.86. The molecule has 0 unspecified atom stereocenters. The molecule has 0 saturated carbocycles.